The van der Waals surface area contributed by atoms with E-state index in [0.717, 1.165) is 17.0 Å². The van der Waals surface area contributed by atoms with E-state index in [1.165, 1.54) is 24.6 Å². The molecule has 0 bridgehead atoms. The van der Waals surface area contributed by atoms with E-state index in [1.54, 1.807) is 0 Å². The van der Waals surface area contributed by atoms with Crippen molar-refractivity contribution < 1.29 is 9.53 Å². The fourth-order valence-corrected chi connectivity index (χ4v) is 3.11. The van der Waals surface area contributed by atoms with Crippen molar-refractivity contribution >= 4 is 29.3 Å². The van der Waals surface area contributed by atoms with Crippen LogP contribution >= 0.6 is 23.4 Å². The third-order valence-corrected chi connectivity index (χ3v) is 4.54. The molecule has 1 aromatic carbocycles. The lowest BCUT2D eigenvalue weighted by atomic mass is 10.2. The zero-order valence-electron chi connectivity index (χ0n) is 12.7. The Hall–Kier alpha value is -0.710. The van der Waals surface area contributed by atoms with Gasteiger partial charge in [0, 0.05) is 17.5 Å². The van der Waals surface area contributed by atoms with Crippen molar-refractivity contribution in [2.24, 2.45) is 0 Å². The third-order valence-electron chi connectivity index (χ3n) is 2.96. The van der Waals surface area contributed by atoms with Gasteiger partial charge in [0.05, 0.1) is 10.8 Å². The first-order chi connectivity index (χ1) is 9.85. The Morgan fingerprint density at radius 3 is 2.76 bits per heavy atom. The van der Waals surface area contributed by atoms with E-state index < -0.39 is 5.60 Å². The van der Waals surface area contributed by atoms with E-state index in [2.05, 4.69) is 11.4 Å². The van der Waals surface area contributed by atoms with E-state index in [0.29, 0.717) is 11.1 Å². The molecule has 0 amide bonds. The minimum Gasteiger partial charge on any atom is -0.459 e. The predicted molar refractivity (Wildman–Crippen MR) is 87.9 cm³/mol. The molecular formula is C16H22ClNO2S. The number of carbonyl (C=O) groups excluding carboxylic acids is 1. The number of halogens is 1. The highest BCUT2D eigenvalue weighted by Gasteiger charge is 2.21. The number of carbonyl (C=O) groups is 1. The van der Waals surface area contributed by atoms with Gasteiger partial charge in [0.2, 0.25) is 0 Å². The average molecular weight is 328 g/mol. The molecule has 1 fully saturated rings. The van der Waals surface area contributed by atoms with Crippen LogP contribution in [0.5, 0.6) is 0 Å². The van der Waals surface area contributed by atoms with Crippen LogP contribution in [0.15, 0.2) is 23.1 Å². The van der Waals surface area contributed by atoms with E-state index in [1.807, 2.05) is 32.9 Å². The Balaban J connectivity index is 1.95. The van der Waals surface area contributed by atoms with Crippen LogP contribution in [0.4, 0.5) is 0 Å². The van der Waals surface area contributed by atoms with Gasteiger partial charge in [0.15, 0.2) is 0 Å². The molecule has 2 rings (SSSR count). The van der Waals surface area contributed by atoms with Gasteiger partial charge >= 0.3 is 5.97 Å². The van der Waals surface area contributed by atoms with Gasteiger partial charge in [-0.05, 0) is 45.2 Å². The highest BCUT2D eigenvalue weighted by Crippen LogP contribution is 2.32. The molecule has 3 nitrogen and oxygen atoms in total. The van der Waals surface area contributed by atoms with E-state index in [-0.39, 0.29) is 11.7 Å². The molecule has 0 unspecified atom stereocenters. The summed E-state index contributed by atoms with van der Waals surface area (Å²) in [7, 11) is 0. The van der Waals surface area contributed by atoms with Gasteiger partial charge in [-0.25, -0.2) is 0 Å². The lowest BCUT2D eigenvalue weighted by molar-refractivity contribution is -0.151. The maximum Gasteiger partial charge on any atom is 0.316 e. The molecule has 1 saturated carbocycles. The summed E-state index contributed by atoms with van der Waals surface area (Å²) in [6.07, 6.45) is 2.50. The smallest absolute Gasteiger partial charge is 0.316 e. The Labute approximate surface area is 135 Å². The molecule has 1 N–H and O–H groups in total. The van der Waals surface area contributed by atoms with Gasteiger partial charge in [0.1, 0.15) is 5.60 Å². The molecule has 0 radical (unpaired) electrons. The van der Waals surface area contributed by atoms with Crippen molar-refractivity contribution in [1.29, 1.82) is 0 Å². The van der Waals surface area contributed by atoms with Crippen molar-refractivity contribution in [2.75, 3.05) is 5.75 Å². The molecule has 1 aromatic rings. The molecule has 0 spiro atoms. The number of nitrogens with one attached hydrogen (secondary N) is 1. The van der Waals surface area contributed by atoms with E-state index >= 15 is 0 Å². The number of rotatable bonds is 6. The zero-order chi connectivity index (χ0) is 15.5. The second kappa shape index (κ2) is 7.03. The minimum absolute atomic E-state index is 0.214. The van der Waals surface area contributed by atoms with Gasteiger partial charge in [0.25, 0.3) is 0 Å². The van der Waals surface area contributed by atoms with Crippen LogP contribution in [0, 0.1) is 0 Å². The topological polar surface area (TPSA) is 38.3 Å². The van der Waals surface area contributed by atoms with Crippen LogP contribution < -0.4 is 5.32 Å². The lowest BCUT2D eigenvalue weighted by Crippen LogP contribution is -2.25. The van der Waals surface area contributed by atoms with Crippen LogP contribution in [0.25, 0.3) is 0 Å². The molecular weight excluding hydrogens is 306 g/mol. The first-order valence-corrected chi connectivity index (χ1v) is 8.57. The highest BCUT2D eigenvalue weighted by molar-refractivity contribution is 8.00. The summed E-state index contributed by atoms with van der Waals surface area (Å²) in [4.78, 5) is 12.8. The fourth-order valence-electron chi connectivity index (χ4n) is 1.90. The van der Waals surface area contributed by atoms with Crippen LogP contribution in [-0.4, -0.2) is 23.4 Å². The number of thioether (sulfide) groups is 1. The van der Waals surface area contributed by atoms with Gasteiger partial charge in [-0.15, -0.1) is 11.8 Å². The molecule has 0 aliphatic heterocycles. The Morgan fingerprint density at radius 2 is 2.14 bits per heavy atom. The highest BCUT2D eigenvalue weighted by atomic mass is 35.5. The molecule has 0 aromatic heterocycles. The molecule has 1 aliphatic rings. The third kappa shape index (κ3) is 5.89. The summed E-state index contributed by atoms with van der Waals surface area (Å²) in [6, 6.07) is 6.51. The molecule has 0 atom stereocenters. The Kier molecular flexibility index (Phi) is 5.58. The Morgan fingerprint density at radius 1 is 1.43 bits per heavy atom. The van der Waals surface area contributed by atoms with Gasteiger partial charge < -0.3 is 10.1 Å². The maximum absolute atomic E-state index is 11.8. The summed E-state index contributed by atoms with van der Waals surface area (Å²) < 4.78 is 5.33. The van der Waals surface area contributed by atoms with Crippen molar-refractivity contribution in [2.45, 2.75) is 56.7 Å². The molecule has 5 heteroatoms. The van der Waals surface area contributed by atoms with Gasteiger partial charge in [-0.1, -0.05) is 23.7 Å². The average Bonchev–Trinajstić information content (AvgIpc) is 3.17. The van der Waals surface area contributed by atoms with Crippen LogP contribution in [0.2, 0.25) is 5.02 Å². The SMILES string of the molecule is CC(C)(C)OC(=O)CSc1c(Cl)cccc1CNC1CC1. The normalized spacial score (nSPS) is 15.0. The van der Waals surface area contributed by atoms with Gasteiger partial charge in [-0.2, -0.15) is 0 Å². The van der Waals surface area contributed by atoms with Crippen LogP contribution in [0.3, 0.4) is 0 Å². The predicted octanol–water partition coefficient (Wildman–Crippen LogP) is 4.03. The summed E-state index contributed by atoms with van der Waals surface area (Å²) in [5.41, 5.74) is 0.692. The number of esters is 1. The molecule has 0 saturated heterocycles. The van der Waals surface area contributed by atoms with Crippen molar-refractivity contribution in [1.82, 2.24) is 5.32 Å². The van der Waals surface area contributed by atoms with Gasteiger partial charge in [-0.3, -0.25) is 4.79 Å². The summed E-state index contributed by atoms with van der Waals surface area (Å²) >= 11 is 7.72. The first kappa shape index (κ1) is 16.7. The quantitative estimate of drug-likeness (QED) is 0.632. The van der Waals surface area contributed by atoms with Crippen LogP contribution in [-0.2, 0) is 16.1 Å². The number of benzene rings is 1. The molecule has 116 valence electrons. The minimum atomic E-state index is -0.450. The monoisotopic (exact) mass is 327 g/mol. The fraction of sp³-hybridized carbons (Fsp3) is 0.562. The zero-order valence-corrected chi connectivity index (χ0v) is 14.3. The molecule has 0 heterocycles. The number of hydrogen-bond acceptors (Lipinski definition) is 4. The number of hydrogen-bond donors (Lipinski definition) is 1. The summed E-state index contributed by atoms with van der Waals surface area (Å²) in [5, 5.41) is 4.17. The second-order valence-electron chi connectivity index (χ2n) is 6.26. The molecule has 21 heavy (non-hydrogen) atoms. The van der Waals surface area contributed by atoms with E-state index in [4.69, 9.17) is 16.3 Å². The first-order valence-electron chi connectivity index (χ1n) is 7.20. The van der Waals surface area contributed by atoms with E-state index in [9.17, 15) is 4.79 Å². The summed E-state index contributed by atoms with van der Waals surface area (Å²) in [5.74, 6) is 0.0609. The second-order valence-corrected chi connectivity index (χ2v) is 7.65. The number of ether oxygens (including phenoxy) is 1. The lowest BCUT2D eigenvalue weighted by Gasteiger charge is -2.19. The molecule has 1 aliphatic carbocycles. The van der Waals surface area contributed by atoms with Crippen molar-refractivity contribution in [3.05, 3.63) is 28.8 Å². The maximum atomic E-state index is 11.8. The summed E-state index contributed by atoms with van der Waals surface area (Å²) in [6.45, 7) is 6.41. The van der Waals surface area contributed by atoms with Crippen molar-refractivity contribution in [3.63, 3.8) is 0 Å². The standard InChI is InChI=1S/C16H22ClNO2S/c1-16(2,3)20-14(19)10-21-15-11(5-4-6-13(15)17)9-18-12-7-8-12/h4-6,12,18H,7-10H2,1-3H3. The Bertz CT molecular complexity index is 509. The van der Waals surface area contributed by atoms with Crippen LogP contribution in [0.1, 0.15) is 39.2 Å². The largest absolute Gasteiger partial charge is 0.459 e. The van der Waals surface area contributed by atoms with Crippen molar-refractivity contribution in [3.8, 4) is 0 Å².